The zero-order valence-corrected chi connectivity index (χ0v) is 17.8. The molecule has 2 heterocycles. The van der Waals surface area contributed by atoms with Gasteiger partial charge in [0.15, 0.2) is 0 Å². The first-order chi connectivity index (χ1) is 15.0. The quantitative estimate of drug-likeness (QED) is 0.679. The number of pyridine rings is 1. The van der Waals surface area contributed by atoms with E-state index in [2.05, 4.69) is 40.5 Å². The van der Waals surface area contributed by atoms with E-state index in [4.69, 9.17) is 0 Å². The van der Waals surface area contributed by atoms with Crippen LogP contribution in [0.4, 0.5) is 5.82 Å². The number of nitrogens with zero attached hydrogens (tertiary/aromatic N) is 4. The summed E-state index contributed by atoms with van der Waals surface area (Å²) in [7, 11) is 1.90. The molecule has 1 aromatic carbocycles. The molecule has 1 unspecified atom stereocenters. The minimum absolute atomic E-state index is 0.0244. The normalized spacial score (nSPS) is 29.5. The molecule has 3 aliphatic carbocycles. The summed E-state index contributed by atoms with van der Waals surface area (Å²) in [5.41, 5.74) is 2.16. The number of amides is 1. The van der Waals surface area contributed by atoms with Crippen LogP contribution in [0.5, 0.6) is 0 Å². The largest absolute Gasteiger partial charge is 0.310 e. The number of rotatable bonds is 5. The Labute approximate surface area is 181 Å². The van der Waals surface area contributed by atoms with E-state index < -0.39 is 0 Å². The number of aromatic nitrogens is 3. The van der Waals surface area contributed by atoms with Gasteiger partial charge in [-0.05, 0) is 59.2 Å². The molecule has 4 atom stereocenters. The maximum Gasteiger partial charge on any atom is 0.229 e. The van der Waals surface area contributed by atoms with E-state index in [0.29, 0.717) is 11.7 Å². The number of hydrogen-bond donors (Lipinski definition) is 1. The van der Waals surface area contributed by atoms with E-state index in [9.17, 15) is 10.1 Å². The molecule has 0 bridgehead atoms. The smallest absolute Gasteiger partial charge is 0.229 e. The number of nitrogens with one attached hydrogen (secondary N) is 1. The van der Waals surface area contributed by atoms with Gasteiger partial charge in [0.1, 0.15) is 5.82 Å². The molecule has 1 N–H and O–H groups in total. The molecule has 6 rings (SSSR count). The number of benzene rings is 1. The van der Waals surface area contributed by atoms with Crippen molar-refractivity contribution in [2.75, 3.05) is 5.32 Å². The van der Waals surface area contributed by atoms with Gasteiger partial charge in [-0.1, -0.05) is 25.5 Å². The average molecular weight is 412 g/mol. The Morgan fingerprint density at radius 2 is 2.13 bits per heavy atom. The second kappa shape index (κ2) is 6.16. The summed E-state index contributed by atoms with van der Waals surface area (Å²) in [4.78, 5) is 17.5. The molecule has 1 amide bonds. The highest BCUT2D eigenvalue weighted by Gasteiger charge is 2.75. The molecule has 1 spiro atoms. The van der Waals surface area contributed by atoms with Crippen LogP contribution in [0.25, 0.3) is 10.8 Å². The molecule has 0 radical (unpaired) electrons. The molecule has 6 nitrogen and oxygen atoms in total. The van der Waals surface area contributed by atoms with Gasteiger partial charge in [-0.15, -0.1) is 0 Å². The zero-order valence-electron chi connectivity index (χ0n) is 17.8. The van der Waals surface area contributed by atoms with E-state index >= 15 is 0 Å². The predicted molar refractivity (Wildman–Crippen MR) is 117 cm³/mol. The van der Waals surface area contributed by atoms with Crippen molar-refractivity contribution in [1.82, 2.24) is 14.8 Å². The maximum atomic E-state index is 13.0. The number of aryl methyl sites for hydroxylation is 1. The first kappa shape index (κ1) is 18.6. The molecule has 0 aliphatic heterocycles. The van der Waals surface area contributed by atoms with Crippen LogP contribution in [0.2, 0.25) is 0 Å². The monoisotopic (exact) mass is 411 g/mol. The van der Waals surface area contributed by atoms with Gasteiger partial charge >= 0.3 is 0 Å². The second-order valence-electron chi connectivity index (χ2n) is 9.67. The van der Waals surface area contributed by atoms with Crippen molar-refractivity contribution >= 4 is 22.5 Å². The summed E-state index contributed by atoms with van der Waals surface area (Å²) in [5.74, 6) is 1.13. The summed E-state index contributed by atoms with van der Waals surface area (Å²) in [6.45, 7) is 2.13. The van der Waals surface area contributed by atoms with Crippen LogP contribution in [0.1, 0.15) is 49.7 Å². The van der Waals surface area contributed by atoms with E-state index in [1.54, 1.807) is 10.9 Å². The average Bonchev–Trinajstić information content (AvgIpc) is 3.72. The lowest BCUT2D eigenvalue weighted by atomic mass is 9.92. The highest BCUT2D eigenvalue weighted by Crippen LogP contribution is 2.78. The molecule has 156 valence electrons. The zero-order chi connectivity index (χ0) is 21.4. The maximum absolute atomic E-state index is 13.0. The number of anilines is 1. The molecule has 6 heteroatoms. The van der Waals surface area contributed by atoms with Crippen molar-refractivity contribution < 1.29 is 4.79 Å². The van der Waals surface area contributed by atoms with Crippen LogP contribution < -0.4 is 5.32 Å². The highest BCUT2D eigenvalue weighted by molar-refractivity contribution is 5.96. The second-order valence-corrected chi connectivity index (χ2v) is 9.67. The van der Waals surface area contributed by atoms with Crippen molar-refractivity contribution in [2.24, 2.45) is 24.3 Å². The van der Waals surface area contributed by atoms with Crippen LogP contribution in [0.15, 0.2) is 42.9 Å². The van der Waals surface area contributed by atoms with Crippen molar-refractivity contribution in [3.8, 4) is 6.07 Å². The fraction of sp³-hybridized carbons (Fsp3) is 0.440. The van der Waals surface area contributed by atoms with Gasteiger partial charge in [0.25, 0.3) is 0 Å². The number of hydrogen-bond acceptors (Lipinski definition) is 4. The Balaban J connectivity index is 1.24. The number of fused-ring (bicyclic) bond motifs is 1. The number of nitriles is 1. The van der Waals surface area contributed by atoms with Gasteiger partial charge < -0.3 is 5.32 Å². The fourth-order valence-electron chi connectivity index (χ4n) is 5.84. The minimum atomic E-state index is -0.312. The first-order valence-corrected chi connectivity index (χ1v) is 11.1. The summed E-state index contributed by atoms with van der Waals surface area (Å²) in [6, 6.07) is 10.8. The van der Waals surface area contributed by atoms with E-state index in [0.717, 1.165) is 47.6 Å². The molecule has 3 saturated carbocycles. The Morgan fingerprint density at radius 3 is 2.77 bits per heavy atom. The third kappa shape index (κ3) is 2.65. The van der Waals surface area contributed by atoms with E-state index in [1.807, 2.05) is 31.6 Å². The van der Waals surface area contributed by atoms with Gasteiger partial charge in [0.2, 0.25) is 5.91 Å². The van der Waals surface area contributed by atoms with Crippen LogP contribution in [-0.4, -0.2) is 20.7 Å². The molecule has 3 fully saturated rings. The van der Waals surface area contributed by atoms with Crippen molar-refractivity contribution in [3.05, 3.63) is 54.0 Å². The lowest BCUT2D eigenvalue weighted by Gasteiger charge is -2.11. The SMILES string of the molecule is CCC1[C@@H](C(=O)Nc2cc3cc([C@]4(C#N)CC45CC5)ccc3cn2)[C@@H]1c1cnn(C)c1. The van der Waals surface area contributed by atoms with Crippen LogP contribution in [0, 0.1) is 28.6 Å². The molecule has 3 aliphatic rings. The molecule has 0 saturated heterocycles. The van der Waals surface area contributed by atoms with Gasteiger partial charge in [0.05, 0.1) is 17.7 Å². The Bertz CT molecular complexity index is 1270. The molecule has 31 heavy (non-hydrogen) atoms. The molecule has 3 aromatic rings. The first-order valence-electron chi connectivity index (χ1n) is 11.1. The number of carbonyl (C=O) groups is 1. The van der Waals surface area contributed by atoms with Gasteiger partial charge in [-0.3, -0.25) is 9.48 Å². The molecule has 2 aromatic heterocycles. The third-order valence-electron chi connectivity index (χ3n) is 7.95. The van der Waals surface area contributed by atoms with Gasteiger partial charge in [-0.25, -0.2) is 4.98 Å². The predicted octanol–water partition coefficient (Wildman–Crippen LogP) is 4.29. The summed E-state index contributed by atoms with van der Waals surface area (Å²) >= 11 is 0. The third-order valence-corrected chi connectivity index (χ3v) is 7.95. The standard InChI is InChI=1S/C25H25N5O/c1-3-19-21(17-11-28-30(2)12-17)22(19)23(31)29-20-9-16-8-18(5-4-15(16)10-27-20)25(14-26)13-24(25)6-7-24/h4-5,8-12,19,21-22H,3,6-7,13H2,1-2H3,(H,27,29,31)/t19?,21-,22-,25-/m1/s1. The van der Waals surface area contributed by atoms with E-state index in [1.165, 1.54) is 0 Å². The minimum Gasteiger partial charge on any atom is -0.310 e. The molecular weight excluding hydrogens is 386 g/mol. The van der Waals surface area contributed by atoms with Gasteiger partial charge in [-0.2, -0.15) is 10.4 Å². The van der Waals surface area contributed by atoms with Crippen LogP contribution in [-0.2, 0) is 17.3 Å². The summed E-state index contributed by atoms with van der Waals surface area (Å²) in [5, 5.41) is 19.2. The fourth-order valence-corrected chi connectivity index (χ4v) is 5.84. The Kier molecular flexibility index (Phi) is 3.69. The number of carbonyl (C=O) groups excluding carboxylic acids is 1. The van der Waals surface area contributed by atoms with Crippen molar-refractivity contribution in [3.63, 3.8) is 0 Å². The Hall–Kier alpha value is -3.20. The Morgan fingerprint density at radius 1 is 1.29 bits per heavy atom. The lowest BCUT2D eigenvalue weighted by Crippen LogP contribution is -2.16. The summed E-state index contributed by atoms with van der Waals surface area (Å²) < 4.78 is 1.79. The topological polar surface area (TPSA) is 83.6 Å². The highest BCUT2D eigenvalue weighted by atomic mass is 16.2. The lowest BCUT2D eigenvalue weighted by molar-refractivity contribution is -0.117. The van der Waals surface area contributed by atoms with Gasteiger partial charge in [0, 0.05) is 36.7 Å². The van der Waals surface area contributed by atoms with Crippen molar-refractivity contribution in [1.29, 1.82) is 5.26 Å². The van der Waals surface area contributed by atoms with E-state index in [-0.39, 0.29) is 28.6 Å². The van der Waals surface area contributed by atoms with Crippen LogP contribution >= 0.6 is 0 Å². The van der Waals surface area contributed by atoms with Crippen LogP contribution in [0.3, 0.4) is 0 Å². The van der Waals surface area contributed by atoms with Crippen molar-refractivity contribution in [2.45, 2.75) is 43.9 Å². The molecular formula is C25H25N5O. The summed E-state index contributed by atoms with van der Waals surface area (Å²) in [6.07, 6.45) is 9.94.